The van der Waals surface area contributed by atoms with E-state index in [0.29, 0.717) is 36.7 Å². The smallest absolute Gasteiger partial charge is 0.337 e. The zero-order valence-corrected chi connectivity index (χ0v) is 18.8. The third-order valence-corrected chi connectivity index (χ3v) is 8.29. The van der Waals surface area contributed by atoms with Crippen molar-refractivity contribution in [3.63, 3.8) is 0 Å². The molecule has 1 aromatic carbocycles. The largest absolute Gasteiger partial charge is 0.465 e. The van der Waals surface area contributed by atoms with E-state index < -0.39 is 5.97 Å². The van der Waals surface area contributed by atoms with Crippen LogP contribution in [0, 0.1) is 23.7 Å². The van der Waals surface area contributed by atoms with E-state index in [-0.39, 0.29) is 17.5 Å². The molecule has 1 saturated heterocycles. The second kappa shape index (κ2) is 8.41. The van der Waals surface area contributed by atoms with E-state index >= 15 is 0 Å². The molecule has 1 heterocycles. The van der Waals surface area contributed by atoms with Gasteiger partial charge in [0.2, 0.25) is 0 Å². The standard InChI is InChI=1S/C25H33N3O4/c1-32-23(30)19-4-2-3-18(11-19)22(29)28-7-5-16(6-8-28)15-26-24(31)27-25-12-17-9-20(13-25)21(10-17)14-25/h2-4,11,16-17,20-21H,5-10,12-15H2,1H3,(H2,26,27,31). The molecule has 4 aliphatic carbocycles. The van der Waals surface area contributed by atoms with Crippen LogP contribution in [0.4, 0.5) is 4.79 Å². The molecule has 3 amide bonds. The van der Waals surface area contributed by atoms with Crippen LogP contribution < -0.4 is 10.6 Å². The fraction of sp³-hybridized carbons (Fsp3) is 0.640. The van der Waals surface area contributed by atoms with E-state index in [9.17, 15) is 14.4 Å². The summed E-state index contributed by atoms with van der Waals surface area (Å²) in [5.74, 6) is 2.36. The Bertz CT molecular complexity index is 889. The lowest BCUT2D eigenvalue weighted by Gasteiger charge is -2.39. The average molecular weight is 440 g/mol. The van der Waals surface area contributed by atoms with Crippen molar-refractivity contribution < 1.29 is 19.1 Å². The van der Waals surface area contributed by atoms with Gasteiger partial charge >= 0.3 is 12.0 Å². The summed E-state index contributed by atoms with van der Waals surface area (Å²) >= 11 is 0. The van der Waals surface area contributed by atoms with Crippen LogP contribution in [0.15, 0.2) is 24.3 Å². The summed E-state index contributed by atoms with van der Waals surface area (Å²) in [4.78, 5) is 39.0. The molecule has 0 radical (unpaired) electrons. The van der Waals surface area contributed by atoms with Crippen molar-refractivity contribution in [3.8, 4) is 0 Å². The van der Waals surface area contributed by atoms with Gasteiger partial charge in [0.25, 0.3) is 5.91 Å². The molecule has 1 aliphatic heterocycles. The highest BCUT2D eigenvalue weighted by Crippen LogP contribution is 2.59. The quantitative estimate of drug-likeness (QED) is 0.690. The molecule has 4 bridgehead atoms. The second-order valence-electron chi connectivity index (χ2n) is 10.4. The molecule has 0 aromatic heterocycles. The minimum atomic E-state index is -0.444. The summed E-state index contributed by atoms with van der Waals surface area (Å²) in [5.41, 5.74) is 0.935. The Morgan fingerprint density at radius 3 is 2.41 bits per heavy atom. The Hall–Kier alpha value is -2.57. The van der Waals surface area contributed by atoms with Crippen LogP contribution in [0.5, 0.6) is 0 Å². The Kier molecular flexibility index (Phi) is 5.59. The monoisotopic (exact) mass is 439 g/mol. The first-order chi connectivity index (χ1) is 15.4. The van der Waals surface area contributed by atoms with Crippen molar-refractivity contribution in [1.82, 2.24) is 15.5 Å². The SMILES string of the molecule is COC(=O)c1cccc(C(=O)N2CCC(CNC(=O)NC34CC5CC(C3)C(C5)C4)CC2)c1. The molecule has 0 spiro atoms. The number of piperidine rings is 1. The minimum absolute atomic E-state index is 0.0231. The molecule has 5 fully saturated rings. The number of carbonyl (C=O) groups excluding carboxylic acids is 3. The third-order valence-electron chi connectivity index (χ3n) is 8.29. The zero-order chi connectivity index (χ0) is 22.3. The molecule has 172 valence electrons. The van der Waals surface area contributed by atoms with Gasteiger partial charge in [-0.1, -0.05) is 6.07 Å². The summed E-state index contributed by atoms with van der Waals surface area (Å²) in [7, 11) is 1.33. The number of benzene rings is 1. The first-order valence-corrected chi connectivity index (χ1v) is 12.0. The molecular formula is C25H33N3O4. The molecule has 1 aromatic rings. The first-order valence-electron chi connectivity index (χ1n) is 12.0. The summed E-state index contributed by atoms with van der Waals surface area (Å²) in [5, 5.41) is 6.44. The number of hydrogen-bond donors (Lipinski definition) is 2. The van der Waals surface area contributed by atoms with Crippen molar-refractivity contribution in [2.75, 3.05) is 26.7 Å². The Morgan fingerprint density at radius 1 is 1.06 bits per heavy atom. The van der Waals surface area contributed by atoms with Crippen LogP contribution in [0.25, 0.3) is 0 Å². The summed E-state index contributed by atoms with van der Waals surface area (Å²) in [6.07, 6.45) is 7.96. The highest BCUT2D eigenvalue weighted by molar-refractivity contribution is 5.98. The molecule has 2 unspecified atom stereocenters. The number of carbonyl (C=O) groups is 3. The average Bonchev–Trinajstić information content (AvgIpc) is 3.22. The van der Waals surface area contributed by atoms with Gasteiger partial charge < -0.3 is 20.3 Å². The van der Waals surface area contributed by atoms with Crippen molar-refractivity contribution in [3.05, 3.63) is 35.4 Å². The van der Waals surface area contributed by atoms with E-state index in [1.54, 1.807) is 24.3 Å². The fourth-order valence-electron chi connectivity index (χ4n) is 6.91. The Labute approximate surface area is 189 Å². The van der Waals surface area contributed by atoms with Gasteiger partial charge in [0.15, 0.2) is 0 Å². The number of nitrogens with zero attached hydrogens (tertiary/aromatic N) is 1. The maximum Gasteiger partial charge on any atom is 0.337 e. The van der Waals surface area contributed by atoms with Crippen molar-refractivity contribution in [2.45, 2.75) is 50.5 Å². The predicted molar refractivity (Wildman–Crippen MR) is 119 cm³/mol. The third kappa shape index (κ3) is 4.09. The maximum atomic E-state index is 12.9. The number of amides is 3. The zero-order valence-electron chi connectivity index (χ0n) is 18.8. The highest BCUT2D eigenvalue weighted by Gasteiger charge is 2.56. The van der Waals surface area contributed by atoms with E-state index in [2.05, 4.69) is 10.6 Å². The number of nitrogens with one attached hydrogen (secondary N) is 2. The van der Waals surface area contributed by atoms with Gasteiger partial charge in [0.05, 0.1) is 12.7 Å². The lowest BCUT2D eigenvalue weighted by Crippen LogP contribution is -2.54. The normalized spacial score (nSPS) is 30.9. The lowest BCUT2D eigenvalue weighted by atomic mass is 9.76. The first kappa shape index (κ1) is 21.3. The summed E-state index contributed by atoms with van der Waals surface area (Å²) in [6.45, 7) is 1.96. The molecule has 6 rings (SSSR count). The molecule has 4 saturated carbocycles. The molecular weight excluding hydrogens is 406 g/mol. The number of likely N-dealkylation sites (tertiary alicyclic amines) is 1. The van der Waals surface area contributed by atoms with E-state index in [4.69, 9.17) is 4.74 Å². The van der Waals surface area contributed by atoms with Gasteiger partial charge in [-0.15, -0.1) is 0 Å². The van der Waals surface area contributed by atoms with Gasteiger partial charge in [0.1, 0.15) is 0 Å². The van der Waals surface area contributed by atoms with Gasteiger partial charge in [-0.2, -0.15) is 0 Å². The number of hydrogen-bond acceptors (Lipinski definition) is 4. The maximum absolute atomic E-state index is 12.9. The van der Waals surface area contributed by atoms with Crippen molar-refractivity contribution in [2.24, 2.45) is 23.7 Å². The second-order valence-corrected chi connectivity index (χ2v) is 10.4. The fourth-order valence-corrected chi connectivity index (χ4v) is 6.91. The van der Waals surface area contributed by atoms with Crippen LogP contribution in [-0.2, 0) is 4.74 Å². The molecule has 2 atom stereocenters. The van der Waals surface area contributed by atoms with Gasteiger partial charge in [-0.05, 0) is 86.8 Å². The molecule has 7 nitrogen and oxygen atoms in total. The van der Waals surface area contributed by atoms with Gasteiger partial charge in [-0.3, -0.25) is 4.79 Å². The lowest BCUT2D eigenvalue weighted by molar-refractivity contribution is 0.0600. The molecule has 32 heavy (non-hydrogen) atoms. The number of ether oxygens (including phenoxy) is 1. The summed E-state index contributed by atoms with van der Waals surface area (Å²) < 4.78 is 4.74. The van der Waals surface area contributed by atoms with E-state index in [1.165, 1.54) is 32.8 Å². The number of rotatable bonds is 5. The van der Waals surface area contributed by atoms with Crippen LogP contribution >= 0.6 is 0 Å². The predicted octanol–water partition coefficient (Wildman–Crippen LogP) is 3.20. The number of methoxy groups -OCH3 is 1. The van der Waals surface area contributed by atoms with Crippen LogP contribution in [0.1, 0.15) is 65.7 Å². The van der Waals surface area contributed by atoms with Gasteiger partial charge in [0, 0.05) is 30.7 Å². The van der Waals surface area contributed by atoms with E-state index in [0.717, 1.165) is 37.0 Å². The van der Waals surface area contributed by atoms with Crippen molar-refractivity contribution in [1.29, 1.82) is 0 Å². The van der Waals surface area contributed by atoms with E-state index in [1.807, 2.05) is 4.90 Å². The van der Waals surface area contributed by atoms with Crippen LogP contribution in [-0.4, -0.2) is 55.1 Å². The number of urea groups is 1. The summed E-state index contributed by atoms with van der Waals surface area (Å²) in [6, 6.07) is 6.65. The van der Waals surface area contributed by atoms with Crippen molar-refractivity contribution >= 4 is 17.9 Å². The Balaban J connectivity index is 1.07. The molecule has 2 N–H and O–H groups in total. The van der Waals surface area contributed by atoms with Crippen LogP contribution in [0.2, 0.25) is 0 Å². The molecule has 5 aliphatic rings. The van der Waals surface area contributed by atoms with Gasteiger partial charge in [-0.25, -0.2) is 9.59 Å². The molecule has 7 heteroatoms. The van der Waals surface area contributed by atoms with Crippen LogP contribution in [0.3, 0.4) is 0 Å². The highest BCUT2D eigenvalue weighted by atomic mass is 16.5. The topological polar surface area (TPSA) is 87.7 Å². The number of esters is 1. The minimum Gasteiger partial charge on any atom is -0.465 e. The Morgan fingerprint density at radius 2 is 1.75 bits per heavy atom.